The average molecular weight is 280 g/mol. The van der Waals surface area contributed by atoms with Crippen LogP contribution >= 0.6 is 0 Å². The fraction of sp³-hybridized carbons (Fsp3) is 0.625. The minimum atomic E-state index is -2.17. The number of hydrogen-bond acceptors (Lipinski definition) is 2. The summed E-state index contributed by atoms with van der Waals surface area (Å²) in [6.45, 7) is 10.1. The largest absolute Gasteiger partial charge is 0.428 e. The Labute approximate surface area is 118 Å². The van der Waals surface area contributed by atoms with Crippen LogP contribution in [0.4, 0.5) is 0 Å². The normalized spacial score (nSPS) is 12.1. The lowest BCUT2D eigenvalue weighted by Crippen LogP contribution is -2.41. The van der Waals surface area contributed by atoms with Crippen molar-refractivity contribution in [2.45, 2.75) is 46.2 Å². The van der Waals surface area contributed by atoms with Crippen LogP contribution in [-0.2, 0) is 11.2 Å². The summed E-state index contributed by atoms with van der Waals surface area (Å²) >= 11 is 0. The van der Waals surface area contributed by atoms with Gasteiger partial charge in [-0.25, -0.2) is 0 Å². The van der Waals surface area contributed by atoms with Crippen LogP contribution in [0.3, 0.4) is 0 Å². The Bertz CT molecular complexity index is 369. The summed E-state index contributed by atoms with van der Waals surface area (Å²) in [7, 11) is -2.17. The summed E-state index contributed by atoms with van der Waals surface area (Å²) in [5, 5.41) is 1.12. The van der Waals surface area contributed by atoms with E-state index < -0.39 is 8.32 Å². The zero-order valence-electron chi connectivity index (χ0n) is 12.8. The molecule has 1 N–H and O–H groups in total. The molecule has 1 aromatic rings. The average Bonchev–Trinajstić information content (AvgIpc) is 2.32. The lowest BCUT2D eigenvalue weighted by molar-refractivity contribution is 0.121. The molecule has 0 aliphatic heterocycles. The second kappa shape index (κ2) is 7.83. The number of hydrogen-bond donors (Lipinski definition) is 1. The van der Waals surface area contributed by atoms with Crippen LogP contribution < -0.4 is 5.19 Å². The molecule has 0 aromatic heterocycles. The van der Waals surface area contributed by atoms with E-state index in [9.17, 15) is 4.80 Å². The zero-order chi connectivity index (χ0) is 14.3. The van der Waals surface area contributed by atoms with Gasteiger partial charge >= 0.3 is 0 Å². The topological polar surface area (TPSA) is 29.5 Å². The molecule has 1 rings (SSSR count). The minimum Gasteiger partial charge on any atom is -0.428 e. The van der Waals surface area contributed by atoms with E-state index in [1.54, 1.807) is 0 Å². The van der Waals surface area contributed by atoms with Crippen LogP contribution in [0, 0.1) is 5.92 Å². The second-order valence-corrected chi connectivity index (χ2v) is 9.85. The molecule has 0 spiro atoms. The van der Waals surface area contributed by atoms with E-state index in [1.165, 1.54) is 5.56 Å². The quantitative estimate of drug-likeness (QED) is 0.586. The molecule has 0 aliphatic rings. The molecule has 0 heterocycles. The van der Waals surface area contributed by atoms with Crippen LogP contribution in [0.15, 0.2) is 24.3 Å². The van der Waals surface area contributed by atoms with E-state index in [-0.39, 0.29) is 0 Å². The molecule has 0 saturated carbocycles. The van der Waals surface area contributed by atoms with Gasteiger partial charge in [0.15, 0.2) is 0 Å². The van der Waals surface area contributed by atoms with Gasteiger partial charge in [0.05, 0.1) is 0 Å². The van der Waals surface area contributed by atoms with E-state index in [2.05, 4.69) is 32.0 Å². The van der Waals surface area contributed by atoms with Crippen LogP contribution in [0.2, 0.25) is 13.1 Å². The highest BCUT2D eigenvalue weighted by atomic mass is 28.4. The highest BCUT2D eigenvalue weighted by Gasteiger charge is 2.19. The van der Waals surface area contributed by atoms with Crippen molar-refractivity contribution in [2.24, 2.45) is 5.92 Å². The summed E-state index contributed by atoms with van der Waals surface area (Å²) in [5.74, 6) is 0.716. The van der Waals surface area contributed by atoms with E-state index in [0.29, 0.717) is 5.92 Å². The molecule has 0 atom stereocenters. The Morgan fingerprint density at radius 1 is 1.21 bits per heavy atom. The molecule has 0 unspecified atom stereocenters. The van der Waals surface area contributed by atoms with Gasteiger partial charge in [-0.3, -0.25) is 0 Å². The zero-order valence-corrected chi connectivity index (χ0v) is 13.8. The van der Waals surface area contributed by atoms with Crippen LogP contribution in [0.5, 0.6) is 0 Å². The maximum Gasteiger partial charge on any atom is 0.213 e. The first-order valence-corrected chi connectivity index (χ1v) is 10.2. The van der Waals surface area contributed by atoms with Crippen molar-refractivity contribution in [1.29, 1.82) is 0 Å². The molecule has 0 saturated heterocycles. The maximum absolute atomic E-state index is 10.1. The Morgan fingerprint density at radius 2 is 1.95 bits per heavy atom. The fourth-order valence-corrected chi connectivity index (χ4v) is 2.95. The van der Waals surface area contributed by atoms with Gasteiger partial charge in [0.25, 0.3) is 0 Å². The number of aryl methyl sites for hydroxylation is 1. The predicted octanol–water partition coefficient (Wildman–Crippen LogP) is 3.09. The van der Waals surface area contributed by atoms with Gasteiger partial charge in [-0.05, 0) is 49.0 Å². The maximum atomic E-state index is 10.1. The second-order valence-electron chi connectivity index (χ2n) is 6.16. The van der Waals surface area contributed by atoms with Crippen molar-refractivity contribution in [3.63, 3.8) is 0 Å². The molecule has 2 nitrogen and oxygen atoms in total. The molecule has 0 amide bonds. The highest BCUT2D eigenvalue weighted by Crippen LogP contribution is 2.06. The van der Waals surface area contributed by atoms with Gasteiger partial charge in [-0.1, -0.05) is 38.1 Å². The van der Waals surface area contributed by atoms with E-state index >= 15 is 0 Å². The van der Waals surface area contributed by atoms with Gasteiger partial charge < -0.3 is 9.53 Å². The lowest BCUT2D eigenvalue weighted by atomic mass is 10.1. The third kappa shape index (κ3) is 6.90. The molecule has 0 bridgehead atoms. The first-order valence-electron chi connectivity index (χ1n) is 7.29. The van der Waals surface area contributed by atoms with Gasteiger partial charge in [-0.2, -0.15) is 0 Å². The first kappa shape index (κ1) is 16.4. The Hall–Kier alpha value is -0.643. The Balaban J connectivity index is 2.30. The molecule has 108 valence electrons. The summed E-state index contributed by atoms with van der Waals surface area (Å²) in [6, 6.07) is 8.38. The van der Waals surface area contributed by atoms with Crippen LogP contribution in [0.25, 0.3) is 0 Å². The molecule has 1 aromatic carbocycles. The van der Waals surface area contributed by atoms with Gasteiger partial charge in [0.1, 0.15) is 0 Å². The molecular weight excluding hydrogens is 252 g/mol. The number of benzene rings is 1. The standard InChI is InChI=1S/C16H28O2Si/c1-14(2)10-12-18-11-6-8-15-7-5-9-16(13-15)19(3,4)17/h5,7,9,13-14,17H,6,8,10-12H2,1-4H3. The molecule has 3 heteroatoms. The van der Waals surface area contributed by atoms with Crippen molar-refractivity contribution >= 4 is 13.5 Å². The van der Waals surface area contributed by atoms with E-state index in [4.69, 9.17) is 4.74 Å². The van der Waals surface area contributed by atoms with Crippen molar-refractivity contribution in [2.75, 3.05) is 13.2 Å². The molecule has 0 aliphatic carbocycles. The first-order chi connectivity index (χ1) is 8.89. The highest BCUT2D eigenvalue weighted by molar-refractivity contribution is 6.83. The van der Waals surface area contributed by atoms with E-state index in [1.807, 2.05) is 19.2 Å². The summed E-state index contributed by atoms with van der Waals surface area (Å²) in [6.07, 6.45) is 3.22. The molecule has 19 heavy (non-hydrogen) atoms. The number of rotatable bonds is 8. The number of ether oxygens (including phenoxy) is 1. The van der Waals surface area contributed by atoms with Gasteiger partial charge in [0.2, 0.25) is 8.32 Å². The molecular formula is C16H28O2Si. The third-order valence-electron chi connectivity index (χ3n) is 3.23. The third-order valence-corrected chi connectivity index (χ3v) is 4.95. The van der Waals surface area contributed by atoms with Crippen molar-refractivity contribution in [1.82, 2.24) is 0 Å². The Morgan fingerprint density at radius 3 is 2.58 bits per heavy atom. The lowest BCUT2D eigenvalue weighted by Gasteiger charge is -2.15. The van der Waals surface area contributed by atoms with Crippen molar-refractivity contribution < 1.29 is 9.53 Å². The van der Waals surface area contributed by atoms with Crippen molar-refractivity contribution in [3.05, 3.63) is 29.8 Å². The fourth-order valence-electron chi connectivity index (χ4n) is 1.91. The minimum absolute atomic E-state index is 0.716. The van der Waals surface area contributed by atoms with Crippen LogP contribution in [-0.4, -0.2) is 26.3 Å². The van der Waals surface area contributed by atoms with E-state index in [0.717, 1.165) is 37.7 Å². The molecule has 0 fully saturated rings. The van der Waals surface area contributed by atoms with Crippen molar-refractivity contribution in [3.8, 4) is 0 Å². The molecule has 0 radical (unpaired) electrons. The summed E-state index contributed by atoms with van der Waals surface area (Å²) in [5.41, 5.74) is 1.31. The predicted molar refractivity (Wildman–Crippen MR) is 84.4 cm³/mol. The van der Waals surface area contributed by atoms with Gasteiger partial charge in [0, 0.05) is 13.2 Å². The summed E-state index contributed by atoms with van der Waals surface area (Å²) < 4.78 is 5.62. The Kier molecular flexibility index (Phi) is 6.76. The smallest absolute Gasteiger partial charge is 0.213 e. The SMILES string of the molecule is CC(C)CCOCCCc1cccc([Si](C)(C)O)c1. The van der Waals surface area contributed by atoms with Gasteiger partial charge in [-0.15, -0.1) is 0 Å². The monoisotopic (exact) mass is 280 g/mol. The van der Waals surface area contributed by atoms with Crippen LogP contribution in [0.1, 0.15) is 32.3 Å². The summed E-state index contributed by atoms with van der Waals surface area (Å²) in [4.78, 5) is 10.1.